The smallest absolute Gasteiger partial charge is 0.270 e. The van der Waals surface area contributed by atoms with Crippen LogP contribution in [0, 0.1) is 0 Å². The molecule has 1 aliphatic rings. The first-order chi connectivity index (χ1) is 17.4. The normalized spacial score (nSPS) is 14.3. The zero-order chi connectivity index (χ0) is 25.7. The van der Waals surface area contributed by atoms with Gasteiger partial charge >= 0.3 is 0 Å². The van der Waals surface area contributed by atoms with Crippen LogP contribution in [0.2, 0.25) is 10.0 Å². The van der Waals surface area contributed by atoms with Gasteiger partial charge in [-0.1, -0.05) is 65.4 Å². The molecule has 0 aromatic heterocycles. The predicted molar refractivity (Wildman–Crippen MR) is 150 cm³/mol. The Balaban J connectivity index is 1.41. The van der Waals surface area contributed by atoms with E-state index in [0.717, 1.165) is 5.75 Å². The molecule has 1 saturated heterocycles. The minimum Gasteiger partial charge on any atom is -0.494 e. The molecule has 6 nitrogen and oxygen atoms in total. The van der Waals surface area contributed by atoms with Crippen molar-refractivity contribution in [1.82, 2.24) is 0 Å². The summed E-state index contributed by atoms with van der Waals surface area (Å²) in [6.07, 6.45) is 1.72. The number of thioether (sulfide) groups is 1. The average molecular weight is 559 g/mol. The van der Waals surface area contributed by atoms with Gasteiger partial charge in [-0.05, 0) is 67.1 Å². The van der Waals surface area contributed by atoms with E-state index >= 15 is 0 Å². The van der Waals surface area contributed by atoms with E-state index in [-0.39, 0.29) is 18.4 Å². The molecule has 10 heteroatoms. The zero-order valence-corrected chi connectivity index (χ0v) is 22.1. The Morgan fingerprint density at radius 2 is 1.81 bits per heavy atom. The number of halogens is 2. The van der Waals surface area contributed by atoms with E-state index in [4.69, 9.17) is 44.9 Å². The third-order valence-corrected chi connectivity index (χ3v) is 6.89. The summed E-state index contributed by atoms with van der Waals surface area (Å²) in [4.78, 5) is 27.2. The van der Waals surface area contributed by atoms with Gasteiger partial charge in [-0.15, -0.1) is 0 Å². The highest BCUT2D eigenvalue weighted by Gasteiger charge is 2.33. The van der Waals surface area contributed by atoms with Crippen molar-refractivity contribution in [1.29, 1.82) is 0 Å². The quantitative estimate of drug-likeness (QED) is 0.242. The molecule has 4 rings (SSSR count). The second-order valence-electron chi connectivity index (χ2n) is 7.45. The Hall–Kier alpha value is -3.04. The van der Waals surface area contributed by atoms with Gasteiger partial charge < -0.3 is 14.8 Å². The summed E-state index contributed by atoms with van der Waals surface area (Å²) in [5, 5.41) is 3.42. The number of rotatable bonds is 8. The molecule has 0 spiro atoms. The molecule has 0 bridgehead atoms. The molecule has 184 valence electrons. The number of thiocarbonyl (C=S) groups is 1. The van der Waals surface area contributed by atoms with Crippen molar-refractivity contribution in [2.45, 2.75) is 6.92 Å². The van der Waals surface area contributed by atoms with E-state index in [1.165, 1.54) is 16.7 Å². The molecule has 0 radical (unpaired) electrons. The number of amides is 2. The molecule has 0 saturated carbocycles. The van der Waals surface area contributed by atoms with E-state index in [2.05, 4.69) is 5.32 Å². The summed E-state index contributed by atoms with van der Waals surface area (Å²) >= 11 is 19.1. The van der Waals surface area contributed by atoms with E-state index in [1.807, 2.05) is 6.92 Å². The maximum Gasteiger partial charge on any atom is 0.270 e. The standard InChI is InChI=1S/C26H20Cl2N2O4S2/c1-2-33-18-10-8-17(9-11-18)30-25(32)23(36-26(30)35)14-16-7-12-22(20(28)13-16)34-15-24(31)29-21-6-4-3-5-19(21)27/h3-14H,2,15H2,1H3,(H,29,31)/b23-14-. The van der Waals surface area contributed by atoms with Gasteiger partial charge in [-0.25, -0.2) is 0 Å². The summed E-state index contributed by atoms with van der Waals surface area (Å²) in [5.41, 5.74) is 1.86. The lowest BCUT2D eigenvalue weighted by Crippen LogP contribution is -2.27. The van der Waals surface area contributed by atoms with Crippen molar-refractivity contribution in [3.8, 4) is 11.5 Å². The number of carbonyl (C=O) groups excluding carboxylic acids is 2. The van der Waals surface area contributed by atoms with Crippen molar-refractivity contribution in [3.63, 3.8) is 0 Å². The molecule has 36 heavy (non-hydrogen) atoms. The maximum atomic E-state index is 13.0. The van der Waals surface area contributed by atoms with Crippen LogP contribution in [0.3, 0.4) is 0 Å². The third kappa shape index (κ3) is 6.20. The lowest BCUT2D eigenvalue weighted by molar-refractivity contribution is -0.118. The Morgan fingerprint density at radius 3 is 2.50 bits per heavy atom. The Morgan fingerprint density at radius 1 is 1.06 bits per heavy atom. The summed E-state index contributed by atoms with van der Waals surface area (Å²) in [5.74, 6) is 0.466. The largest absolute Gasteiger partial charge is 0.494 e. The number of hydrogen-bond donors (Lipinski definition) is 1. The topological polar surface area (TPSA) is 67.9 Å². The third-order valence-electron chi connectivity index (χ3n) is 4.96. The molecule has 3 aromatic rings. The number of ether oxygens (including phenoxy) is 2. The second kappa shape index (κ2) is 11.8. The van der Waals surface area contributed by atoms with Gasteiger partial charge in [-0.2, -0.15) is 0 Å². The van der Waals surface area contributed by atoms with Crippen molar-refractivity contribution in [3.05, 3.63) is 87.2 Å². The Kier molecular flexibility index (Phi) is 8.53. The predicted octanol–water partition coefficient (Wildman–Crippen LogP) is 6.82. The summed E-state index contributed by atoms with van der Waals surface area (Å²) in [6, 6.07) is 19.2. The molecule has 1 aliphatic heterocycles. The molecule has 3 aromatic carbocycles. The molecule has 0 atom stereocenters. The van der Waals surface area contributed by atoms with Gasteiger partial charge in [0.25, 0.3) is 11.8 Å². The van der Waals surface area contributed by atoms with E-state index in [9.17, 15) is 9.59 Å². The van der Waals surface area contributed by atoms with Crippen molar-refractivity contribution < 1.29 is 19.1 Å². The monoisotopic (exact) mass is 558 g/mol. The number of carbonyl (C=O) groups is 2. The Bertz CT molecular complexity index is 1350. The highest BCUT2D eigenvalue weighted by molar-refractivity contribution is 8.27. The van der Waals surface area contributed by atoms with E-state index in [0.29, 0.717) is 48.6 Å². The maximum absolute atomic E-state index is 13.0. The number of hydrogen-bond acceptors (Lipinski definition) is 6. The number of benzene rings is 3. The Labute approximate surface area is 228 Å². The van der Waals surface area contributed by atoms with Crippen LogP contribution in [0.15, 0.2) is 71.6 Å². The van der Waals surface area contributed by atoms with Crippen LogP contribution < -0.4 is 19.7 Å². The van der Waals surface area contributed by atoms with Crippen molar-refractivity contribution in [2.75, 3.05) is 23.4 Å². The van der Waals surface area contributed by atoms with Crippen LogP contribution in [-0.2, 0) is 9.59 Å². The first kappa shape index (κ1) is 26.0. The number of para-hydroxylation sites is 1. The van der Waals surface area contributed by atoms with E-state index < -0.39 is 0 Å². The minimum absolute atomic E-state index is 0.221. The molecule has 2 amide bonds. The van der Waals surface area contributed by atoms with Crippen LogP contribution in [-0.4, -0.2) is 29.3 Å². The van der Waals surface area contributed by atoms with Gasteiger partial charge in [0.1, 0.15) is 11.5 Å². The van der Waals surface area contributed by atoms with Gasteiger partial charge in [-0.3, -0.25) is 14.5 Å². The highest BCUT2D eigenvalue weighted by atomic mass is 35.5. The first-order valence-electron chi connectivity index (χ1n) is 10.8. The average Bonchev–Trinajstić information content (AvgIpc) is 3.13. The van der Waals surface area contributed by atoms with Crippen LogP contribution in [0.4, 0.5) is 11.4 Å². The first-order valence-corrected chi connectivity index (χ1v) is 12.8. The second-order valence-corrected chi connectivity index (χ2v) is 9.94. The summed E-state index contributed by atoms with van der Waals surface area (Å²) < 4.78 is 11.4. The van der Waals surface area contributed by atoms with Gasteiger partial charge in [0.05, 0.1) is 32.9 Å². The number of nitrogens with zero attached hydrogens (tertiary/aromatic N) is 1. The zero-order valence-electron chi connectivity index (χ0n) is 19.0. The highest BCUT2D eigenvalue weighted by Crippen LogP contribution is 2.37. The van der Waals surface area contributed by atoms with Gasteiger partial charge in [0, 0.05) is 0 Å². The lowest BCUT2D eigenvalue weighted by atomic mass is 10.2. The molecule has 1 heterocycles. The fourth-order valence-electron chi connectivity index (χ4n) is 3.32. The fraction of sp³-hybridized carbons (Fsp3) is 0.115. The van der Waals surface area contributed by atoms with Crippen LogP contribution >= 0.6 is 47.2 Å². The van der Waals surface area contributed by atoms with Crippen molar-refractivity contribution in [2.24, 2.45) is 0 Å². The van der Waals surface area contributed by atoms with Crippen molar-refractivity contribution >= 4 is 80.8 Å². The molecule has 0 aliphatic carbocycles. The SMILES string of the molecule is CCOc1ccc(N2C(=O)/C(=C/c3ccc(OCC(=O)Nc4ccccc4Cl)c(Cl)c3)SC2=S)cc1. The lowest BCUT2D eigenvalue weighted by Gasteiger charge is -2.15. The molecule has 1 N–H and O–H groups in total. The fourth-order valence-corrected chi connectivity index (χ4v) is 5.04. The van der Waals surface area contributed by atoms with Crippen LogP contribution in [0.5, 0.6) is 11.5 Å². The number of nitrogens with one attached hydrogen (secondary N) is 1. The molecule has 1 fully saturated rings. The molecule has 0 unspecified atom stereocenters. The molecular weight excluding hydrogens is 539 g/mol. The summed E-state index contributed by atoms with van der Waals surface area (Å²) in [7, 11) is 0. The van der Waals surface area contributed by atoms with Crippen LogP contribution in [0.25, 0.3) is 6.08 Å². The molecular formula is C26H20Cl2N2O4S2. The summed E-state index contributed by atoms with van der Waals surface area (Å²) in [6.45, 7) is 2.22. The van der Waals surface area contributed by atoms with Gasteiger partial charge in [0.15, 0.2) is 10.9 Å². The minimum atomic E-state index is -0.374. The number of anilines is 2. The van der Waals surface area contributed by atoms with Crippen LogP contribution in [0.1, 0.15) is 12.5 Å². The van der Waals surface area contributed by atoms with Gasteiger partial charge in [0.2, 0.25) is 0 Å². The van der Waals surface area contributed by atoms with E-state index in [1.54, 1.807) is 72.8 Å².